The van der Waals surface area contributed by atoms with E-state index in [0.717, 1.165) is 6.08 Å². The van der Waals surface area contributed by atoms with Gasteiger partial charge in [0.1, 0.15) is 5.82 Å². The molecule has 1 heterocycles. The van der Waals surface area contributed by atoms with Crippen LogP contribution in [-0.4, -0.2) is 29.4 Å². The number of benzene rings is 1. The number of hydrogen-bond donors (Lipinski definition) is 1. The monoisotopic (exact) mass is 411 g/mol. The van der Waals surface area contributed by atoms with Crippen LogP contribution in [0.3, 0.4) is 0 Å². The van der Waals surface area contributed by atoms with Gasteiger partial charge in [-0.25, -0.2) is 22.8 Å². The molecular weight excluding hydrogens is 393 g/mol. The minimum atomic E-state index is -3.59. The first-order valence-electron chi connectivity index (χ1n) is 8.19. The maximum Gasteiger partial charge on any atom is 0.245 e. The van der Waals surface area contributed by atoms with Crippen molar-refractivity contribution in [2.45, 2.75) is 26.7 Å². The first-order chi connectivity index (χ1) is 12.6. The lowest BCUT2D eigenvalue weighted by molar-refractivity contribution is -0.107. The van der Waals surface area contributed by atoms with Gasteiger partial charge in [0.25, 0.3) is 0 Å². The van der Waals surface area contributed by atoms with Crippen molar-refractivity contribution in [3.05, 3.63) is 47.4 Å². The van der Waals surface area contributed by atoms with Crippen molar-refractivity contribution < 1.29 is 17.6 Å². The predicted octanol–water partition coefficient (Wildman–Crippen LogP) is 3.95. The molecule has 0 fully saturated rings. The average Bonchev–Trinajstić information content (AvgIpc) is 2.60. The van der Waals surface area contributed by atoms with E-state index in [1.54, 1.807) is 0 Å². The molecule has 1 aromatic carbocycles. The molecule has 0 saturated heterocycles. The number of aromatic nitrogens is 2. The third kappa shape index (κ3) is 5.58. The van der Waals surface area contributed by atoms with E-state index < -0.39 is 21.1 Å². The van der Waals surface area contributed by atoms with Crippen molar-refractivity contribution in [1.82, 2.24) is 9.97 Å². The van der Waals surface area contributed by atoms with Gasteiger partial charge in [-0.15, -0.1) is 0 Å². The SMILES string of the molecule is CCS(=O)(=O)Nc1nc(-c2ccc(F)cc2)c(C=CC(=O)Cl)c(C(C)C)n1. The fourth-order valence-electron chi connectivity index (χ4n) is 2.32. The smallest absolute Gasteiger partial charge is 0.245 e. The summed E-state index contributed by atoms with van der Waals surface area (Å²) in [7, 11) is -3.59. The number of nitrogens with zero attached hydrogens (tertiary/aromatic N) is 2. The fourth-order valence-corrected chi connectivity index (χ4v) is 2.90. The molecule has 0 unspecified atom stereocenters. The van der Waals surface area contributed by atoms with Gasteiger partial charge in [0, 0.05) is 11.1 Å². The van der Waals surface area contributed by atoms with Crippen LogP contribution in [0.15, 0.2) is 30.3 Å². The molecule has 0 spiro atoms. The fraction of sp³-hybridized carbons (Fsp3) is 0.278. The highest BCUT2D eigenvalue weighted by atomic mass is 35.5. The summed E-state index contributed by atoms with van der Waals surface area (Å²) >= 11 is 5.41. The number of sulfonamides is 1. The quantitative estimate of drug-likeness (QED) is 0.550. The Kier molecular flexibility index (Phi) is 6.67. The number of allylic oxidation sites excluding steroid dienone is 1. The molecule has 0 aliphatic heterocycles. The van der Waals surface area contributed by atoms with Crippen molar-refractivity contribution in [1.29, 1.82) is 0 Å². The van der Waals surface area contributed by atoms with E-state index in [0.29, 0.717) is 22.5 Å². The number of anilines is 1. The second-order valence-electron chi connectivity index (χ2n) is 6.00. The molecule has 0 aliphatic carbocycles. The molecular formula is C18H19ClFN3O3S. The molecule has 0 saturated carbocycles. The van der Waals surface area contributed by atoms with Gasteiger partial charge in [0.05, 0.1) is 17.1 Å². The number of carbonyl (C=O) groups excluding carboxylic acids is 1. The maximum atomic E-state index is 13.3. The third-order valence-corrected chi connectivity index (χ3v) is 5.03. The van der Waals surface area contributed by atoms with Crippen LogP contribution in [0.4, 0.5) is 10.3 Å². The van der Waals surface area contributed by atoms with E-state index in [-0.39, 0.29) is 17.6 Å². The van der Waals surface area contributed by atoms with Crippen LogP contribution >= 0.6 is 11.6 Å². The Hall–Kier alpha value is -2.32. The van der Waals surface area contributed by atoms with E-state index in [2.05, 4.69) is 14.7 Å². The van der Waals surface area contributed by atoms with Crippen molar-refractivity contribution in [3.8, 4) is 11.3 Å². The lowest BCUT2D eigenvalue weighted by Crippen LogP contribution is -2.18. The average molecular weight is 412 g/mol. The number of rotatable bonds is 7. The summed E-state index contributed by atoms with van der Waals surface area (Å²) in [5, 5.41) is -0.675. The summed E-state index contributed by atoms with van der Waals surface area (Å²) in [5.41, 5.74) is 1.92. The van der Waals surface area contributed by atoms with Crippen LogP contribution in [0, 0.1) is 5.82 Å². The maximum absolute atomic E-state index is 13.3. The van der Waals surface area contributed by atoms with Crippen LogP contribution in [0.2, 0.25) is 0 Å². The van der Waals surface area contributed by atoms with Crippen LogP contribution in [0.1, 0.15) is 37.9 Å². The molecule has 2 rings (SSSR count). The largest absolute Gasteiger partial charge is 0.276 e. The Bertz CT molecular complexity index is 974. The van der Waals surface area contributed by atoms with Crippen LogP contribution < -0.4 is 4.72 Å². The molecule has 6 nitrogen and oxygen atoms in total. The van der Waals surface area contributed by atoms with Crippen LogP contribution in [0.5, 0.6) is 0 Å². The molecule has 0 radical (unpaired) electrons. The van der Waals surface area contributed by atoms with Crippen LogP contribution in [0.25, 0.3) is 17.3 Å². The van der Waals surface area contributed by atoms with E-state index in [1.807, 2.05) is 13.8 Å². The van der Waals surface area contributed by atoms with Crippen molar-refractivity contribution in [3.63, 3.8) is 0 Å². The molecule has 144 valence electrons. The van der Waals surface area contributed by atoms with Gasteiger partial charge >= 0.3 is 0 Å². The highest BCUT2D eigenvalue weighted by Crippen LogP contribution is 2.30. The lowest BCUT2D eigenvalue weighted by Gasteiger charge is -2.16. The number of nitrogens with one attached hydrogen (secondary N) is 1. The number of carbonyl (C=O) groups is 1. The second kappa shape index (κ2) is 8.58. The molecule has 1 aromatic heterocycles. The Morgan fingerprint density at radius 2 is 1.89 bits per heavy atom. The normalized spacial score (nSPS) is 11.9. The van der Waals surface area contributed by atoms with Gasteiger partial charge in [-0.1, -0.05) is 13.8 Å². The van der Waals surface area contributed by atoms with Crippen molar-refractivity contribution in [2.24, 2.45) is 0 Å². The van der Waals surface area contributed by atoms with Gasteiger partial charge in [-0.3, -0.25) is 9.52 Å². The second-order valence-corrected chi connectivity index (χ2v) is 8.38. The summed E-state index contributed by atoms with van der Waals surface area (Å²) < 4.78 is 39.5. The number of halogens is 2. The summed E-state index contributed by atoms with van der Waals surface area (Å²) in [6.07, 6.45) is 2.64. The molecule has 0 amide bonds. The number of hydrogen-bond acceptors (Lipinski definition) is 5. The van der Waals surface area contributed by atoms with Gasteiger partial charge in [0.2, 0.25) is 21.2 Å². The van der Waals surface area contributed by atoms with E-state index in [4.69, 9.17) is 11.6 Å². The third-order valence-electron chi connectivity index (χ3n) is 3.65. The minimum absolute atomic E-state index is 0.0887. The molecule has 27 heavy (non-hydrogen) atoms. The molecule has 1 N–H and O–H groups in total. The van der Waals surface area contributed by atoms with E-state index >= 15 is 0 Å². The van der Waals surface area contributed by atoms with Gasteiger partial charge in [-0.2, -0.15) is 0 Å². The zero-order chi connectivity index (χ0) is 20.2. The lowest BCUT2D eigenvalue weighted by atomic mass is 9.98. The first-order valence-corrected chi connectivity index (χ1v) is 10.2. The standard InChI is InChI=1S/C18H19ClFN3O3S/c1-4-27(25,26)23-18-21-16(11(2)3)14(9-10-15(19)24)17(22-18)12-5-7-13(20)8-6-12/h5-11H,4H2,1-3H3,(H,21,22,23). The van der Waals surface area contributed by atoms with Crippen LogP contribution in [-0.2, 0) is 14.8 Å². The van der Waals surface area contributed by atoms with Gasteiger partial charge in [-0.05, 0) is 60.9 Å². The Balaban J connectivity index is 2.75. The van der Waals surface area contributed by atoms with Crippen molar-refractivity contribution in [2.75, 3.05) is 10.5 Å². The minimum Gasteiger partial charge on any atom is -0.276 e. The topological polar surface area (TPSA) is 89.0 Å². The first kappa shape index (κ1) is 21.0. The Morgan fingerprint density at radius 1 is 1.26 bits per heavy atom. The van der Waals surface area contributed by atoms with E-state index in [9.17, 15) is 17.6 Å². The summed E-state index contributed by atoms with van der Waals surface area (Å²) in [6, 6.07) is 5.56. The Labute approximate surface area is 162 Å². The highest BCUT2D eigenvalue weighted by molar-refractivity contribution is 7.92. The summed E-state index contributed by atoms with van der Waals surface area (Å²) in [6.45, 7) is 5.24. The molecule has 9 heteroatoms. The van der Waals surface area contributed by atoms with Gasteiger partial charge in [0.15, 0.2) is 0 Å². The van der Waals surface area contributed by atoms with E-state index in [1.165, 1.54) is 37.3 Å². The van der Waals surface area contributed by atoms with Crippen molar-refractivity contribution >= 4 is 38.9 Å². The molecule has 0 bridgehead atoms. The Morgan fingerprint density at radius 3 is 2.41 bits per heavy atom. The zero-order valence-electron chi connectivity index (χ0n) is 15.0. The zero-order valence-corrected chi connectivity index (χ0v) is 16.6. The summed E-state index contributed by atoms with van der Waals surface area (Å²) in [5.74, 6) is -0.755. The van der Waals surface area contributed by atoms with Gasteiger partial charge < -0.3 is 0 Å². The molecule has 2 aromatic rings. The molecule has 0 atom stereocenters. The predicted molar refractivity (Wildman–Crippen MR) is 104 cm³/mol. The highest BCUT2D eigenvalue weighted by Gasteiger charge is 2.19. The summed E-state index contributed by atoms with van der Waals surface area (Å²) in [4.78, 5) is 19.8. The molecule has 0 aliphatic rings.